The Hall–Kier alpha value is -2.43. The van der Waals surface area contributed by atoms with Gasteiger partial charge in [0.25, 0.3) is 0 Å². The highest BCUT2D eigenvalue weighted by Gasteiger charge is 2.18. The highest BCUT2D eigenvalue weighted by molar-refractivity contribution is 5.84. The van der Waals surface area contributed by atoms with Crippen molar-refractivity contribution in [1.82, 2.24) is 4.90 Å². The van der Waals surface area contributed by atoms with Gasteiger partial charge in [-0.05, 0) is 24.6 Å². The third kappa shape index (κ3) is 4.04. The molecule has 0 saturated carbocycles. The fraction of sp³-hybridized carbons (Fsp3) is 0.235. The van der Waals surface area contributed by atoms with Gasteiger partial charge in [-0.1, -0.05) is 30.3 Å². The Kier molecular flexibility index (Phi) is 5.09. The maximum absolute atomic E-state index is 13.2. The van der Waals surface area contributed by atoms with E-state index < -0.39 is 17.7 Å². The van der Waals surface area contributed by atoms with E-state index in [1.54, 1.807) is 18.9 Å². The van der Waals surface area contributed by atoms with Crippen LogP contribution < -0.4 is 5.32 Å². The van der Waals surface area contributed by atoms with E-state index in [2.05, 4.69) is 5.32 Å². The van der Waals surface area contributed by atoms with Crippen LogP contribution in [0.4, 0.5) is 14.5 Å². The molecule has 3 nitrogen and oxygen atoms in total. The van der Waals surface area contributed by atoms with Crippen LogP contribution in [0.5, 0.6) is 0 Å². The molecule has 0 aliphatic carbocycles. The summed E-state index contributed by atoms with van der Waals surface area (Å²) in [6.07, 6.45) is 0. The lowest BCUT2D eigenvalue weighted by atomic mass is 10.2. The molecule has 1 unspecified atom stereocenters. The Labute approximate surface area is 128 Å². The smallest absolute Gasteiger partial charge is 0.244 e. The summed E-state index contributed by atoms with van der Waals surface area (Å²) in [5, 5.41) is 2.88. The van der Waals surface area contributed by atoms with Gasteiger partial charge in [0.2, 0.25) is 5.91 Å². The van der Waals surface area contributed by atoms with Gasteiger partial charge in [0.05, 0.1) is 0 Å². The number of nitrogens with zero attached hydrogens (tertiary/aromatic N) is 1. The van der Waals surface area contributed by atoms with Crippen LogP contribution in [-0.4, -0.2) is 23.9 Å². The van der Waals surface area contributed by atoms with Gasteiger partial charge in [0.15, 0.2) is 11.6 Å². The quantitative estimate of drug-likeness (QED) is 0.918. The van der Waals surface area contributed by atoms with Crippen molar-refractivity contribution in [2.75, 3.05) is 12.4 Å². The molecule has 5 heteroatoms. The standard InChI is InChI=1S/C17H18F2N2O/c1-12(20-14-8-9-15(18)16(19)10-14)17(22)21(2)11-13-6-4-3-5-7-13/h3-10,12,20H,11H2,1-2H3. The summed E-state index contributed by atoms with van der Waals surface area (Å²) in [6.45, 7) is 2.18. The number of rotatable bonds is 5. The zero-order valence-corrected chi connectivity index (χ0v) is 12.5. The second-order valence-corrected chi connectivity index (χ2v) is 5.17. The monoisotopic (exact) mass is 304 g/mol. The van der Waals surface area contributed by atoms with Gasteiger partial charge in [0.1, 0.15) is 6.04 Å². The van der Waals surface area contributed by atoms with Gasteiger partial charge >= 0.3 is 0 Å². The van der Waals surface area contributed by atoms with Crippen molar-refractivity contribution in [2.24, 2.45) is 0 Å². The van der Waals surface area contributed by atoms with Crippen molar-refractivity contribution in [1.29, 1.82) is 0 Å². The first-order chi connectivity index (χ1) is 10.5. The lowest BCUT2D eigenvalue weighted by Gasteiger charge is -2.23. The summed E-state index contributed by atoms with van der Waals surface area (Å²) in [5.74, 6) is -1.98. The third-order valence-corrected chi connectivity index (χ3v) is 3.31. The molecule has 2 aromatic carbocycles. The highest BCUT2D eigenvalue weighted by atomic mass is 19.2. The number of hydrogen-bond donors (Lipinski definition) is 1. The molecule has 22 heavy (non-hydrogen) atoms. The van der Waals surface area contributed by atoms with Gasteiger partial charge in [-0.25, -0.2) is 8.78 Å². The van der Waals surface area contributed by atoms with Gasteiger partial charge in [-0.15, -0.1) is 0 Å². The van der Waals surface area contributed by atoms with Crippen molar-refractivity contribution in [2.45, 2.75) is 19.5 Å². The van der Waals surface area contributed by atoms with Crippen LogP contribution in [0, 0.1) is 11.6 Å². The van der Waals surface area contributed by atoms with Crippen molar-refractivity contribution in [3.8, 4) is 0 Å². The van der Waals surface area contributed by atoms with Crippen LogP contribution in [0.3, 0.4) is 0 Å². The predicted octanol–water partition coefficient (Wildman–Crippen LogP) is 3.42. The summed E-state index contributed by atoms with van der Waals surface area (Å²) in [7, 11) is 1.71. The number of amides is 1. The minimum absolute atomic E-state index is 0.131. The first-order valence-electron chi connectivity index (χ1n) is 6.98. The summed E-state index contributed by atoms with van der Waals surface area (Å²) in [6, 6.07) is 12.6. The Bertz CT molecular complexity index is 646. The van der Waals surface area contributed by atoms with Crippen LogP contribution in [0.1, 0.15) is 12.5 Å². The van der Waals surface area contributed by atoms with E-state index in [4.69, 9.17) is 0 Å². The number of carbonyl (C=O) groups is 1. The molecule has 0 aliphatic rings. The van der Waals surface area contributed by atoms with Gasteiger partial charge in [-0.3, -0.25) is 4.79 Å². The van der Waals surface area contributed by atoms with Crippen LogP contribution >= 0.6 is 0 Å². The molecule has 0 heterocycles. The molecular weight excluding hydrogens is 286 g/mol. The number of benzene rings is 2. The fourth-order valence-electron chi connectivity index (χ4n) is 2.16. The number of halogens is 2. The molecule has 0 saturated heterocycles. The maximum atomic E-state index is 13.2. The van der Waals surface area contributed by atoms with E-state index in [1.807, 2.05) is 30.3 Å². The molecular formula is C17H18F2N2O. The van der Waals surface area contributed by atoms with Gasteiger partial charge in [-0.2, -0.15) is 0 Å². The molecule has 1 N–H and O–H groups in total. The molecule has 0 aliphatic heterocycles. The minimum atomic E-state index is -0.942. The van der Waals surface area contributed by atoms with Crippen LogP contribution in [0.2, 0.25) is 0 Å². The Balaban J connectivity index is 1.97. The molecule has 0 aromatic heterocycles. The van der Waals surface area contributed by atoms with E-state index in [-0.39, 0.29) is 5.91 Å². The number of likely N-dealkylation sites (N-methyl/N-ethyl adjacent to an activating group) is 1. The molecule has 0 radical (unpaired) electrons. The lowest BCUT2D eigenvalue weighted by molar-refractivity contribution is -0.130. The van der Waals surface area contributed by atoms with Crippen molar-refractivity contribution < 1.29 is 13.6 Å². The van der Waals surface area contributed by atoms with Crippen LogP contribution in [-0.2, 0) is 11.3 Å². The topological polar surface area (TPSA) is 32.3 Å². The van der Waals surface area contributed by atoms with Crippen molar-refractivity contribution in [3.05, 3.63) is 65.7 Å². The first-order valence-corrected chi connectivity index (χ1v) is 6.98. The number of hydrogen-bond acceptors (Lipinski definition) is 2. The van der Waals surface area contributed by atoms with Crippen LogP contribution in [0.25, 0.3) is 0 Å². The van der Waals surface area contributed by atoms with Gasteiger partial charge < -0.3 is 10.2 Å². The molecule has 0 fully saturated rings. The van der Waals surface area contributed by atoms with Crippen LogP contribution in [0.15, 0.2) is 48.5 Å². The Morgan fingerprint density at radius 3 is 2.45 bits per heavy atom. The number of carbonyl (C=O) groups excluding carboxylic acids is 1. The van der Waals surface area contributed by atoms with Crippen molar-refractivity contribution in [3.63, 3.8) is 0 Å². The lowest BCUT2D eigenvalue weighted by Crippen LogP contribution is -2.38. The van der Waals surface area contributed by atoms with Crippen molar-refractivity contribution >= 4 is 11.6 Å². The Morgan fingerprint density at radius 1 is 1.14 bits per heavy atom. The summed E-state index contributed by atoms with van der Waals surface area (Å²) < 4.78 is 26.1. The van der Waals surface area contributed by atoms with E-state index in [0.717, 1.165) is 17.7 Å². The fourth-order valence-corrected chi connectivity index (χ4v) is 2.16. The molecule has 2 rings (SSSR count). The summed E-state index contributed by atoms with van der Waals surface area (Å²) >= 11 is 0. The summed E-state index contributed by atoms with van der Waals surface area (Å²) in [4.78, 5) is 13.9. The molecule has 0 bridgehead atoms. The average Bonchev–Trinajstić information content (AvgIpc) is 2.51. The average molecular weight is 304 g/mol. The molecule has 1 atom stereocenters. The highest BCUT2D eigenvalue weighted by Crippen LogP contribution is 2.15. The molecule has 0 spiro atoms. The Morgan fingerprint density at radius 2 is 1.82 bits per heavy atom. The van der Waals surface area contributed by atoms with E-state index in [9.17, 15) is 13.6 Å². The first kappa shape index (κ1) is 15.9. The summed E-state index contributed by atoms with van der Waals surface area (Å²) in [5.41, 5.74) is 1.39. The number of nitrogens with one attached hydrogen (secondary N) is 1. The van der Waals surface area contributed by atoms with E-state index in [1.165, 1.54) is 6.07 Å². The number of anilines is 1. The largest absolute Gasteiger partial charge is 0.374 e. The van der Waals surface area contributed by atoms with E-state index in [0.29, 0.717) is 12.2 Å². The van der Waals surface area contributed by atoms with E-state index >= 15 is 0 Å². The molecule has 116 valence electrons. The zero-order chi connectivity index (χ0) is 16.1. The molecule has 1 amide bonds. The normalized spacial score (nSPS) is 11.8. The SMILES string of the molecule is CC(Nc1ccc(F)c(F)c1)C(=O)N(C)Cc1ccccc1. The third-order valence-electron chi connectivity index (χ3n) is 3.31. The predicted molar refractivity (Wildman–Crippen MR) is 82.4 cm³/mol. The zero-order valence-electron chi connectivity index (χ0n) is 12.5. The minimum Gasteiger partial charge on any atom is -0.374 e. The van der Waals surface area contributed by atoms with Gasteiger partial charge in [0, 0.05) is 25.3 Å². The second kappa shape index (κ2) is 7.02. The second-order valence-electron chi connectivity index (χ2n) is 5.17. The molecule has 2 aromatic rings. The maximum Gasteiger partial charge on any atom is 0.244 e.